The summed E-state index contributed by atoms with van der Waals surface area (Å²) in [5, 5.41) is 0. The molecule has 0 spiro atoms. The highest BCUT2D eigenvalue weighted by atomic mass is 79.9. The Kier molecular flexibility index (Phi) is 3.75. The molecule has 0 aliphatic rings. The minimum Gasteiger partial charge on any atom is -0.406 e. The third-order valence-corrected chi connectivity index (χ3v) is 1.97. The van der Waals surface area contributed by atoms with E-state index in [1.807, 2.05) is 15.9 Å². The summed E-state index contributed by atoms with van der Waals surface area (Å²) in [5.41, 5.74) is -0.429. The zero-order valence-corrected chi connectivity index (χ0v) is 9.48. The topological polar surface area (TPSA) is 26.3 Å². The van der Waals surface area contributed by atoms with Crippen molar-refractivity contribution in [1.29, 1.82) is 0 Å². The van der Waals surface area contributed by atoms with Gasteiger partial charge in [-0.25, -0.2) is 0 Å². The second-order valence-electron chi connectivity index (χ2n) is 2.90. The number of carbonyl (C=O) groups is 1. The first kappa shape index (κ1) is 13.9. The number of benzene rings is 1. The molecule has 17 heavy (non-hydrogen) atoms. The second kappa shape index (κ2) is 4.59. The average Bonchev–Trinajstić information content (AvgIpc) is 2.14. The molecule has 1 aromatic rings. The van der Waals surface area contributed by atoms with Gasteiger partial charge in [0.15, 0.2) is 0 Å². The van der Waals surface area contributed by atoms with Crippen LogP contribution >= 0.6 is 15.9 Å². The van der Waals surface area contributed by atoms with Crippen molar-refractivity contribution in [2.75, 3.05) is 0 Å². The number of Topliss-reactive ketones (excluding diaryl/α,β-unsaturated/α-hetero) is 1. The predicted octanol–water partition coefficient (Wildman–Crippen LogP) is 3.76. The zero-order chi connectivity index (χ0) is 13.3. The largest absolute Gasteiger partial charge is 0.573 e. The summed E-state index contributed by atoms with van der Waals surface area (Å²) in [6, 6.07) is 3.19. The van der Waals surface area contributed by atoms with Crippen LogP contribution in [0.25, 0.3) is 0 Å². The fourth-order valence-electron chi connectivity index (χ4n) is 0.972. The van der Waals surface area contributed by atoms with Gasteiger partial charge in [-0.15, -0.1) is 13.2 Å². The van der Waals surface area contributed by atoms with Crippen molar-refractivity contribution in [3.63, 3.8) is 0 Å². The van der Waals surface area contributed by atoms with Gasteiger partial charge in [-0.1, -0.05) is 0 Å². The number of hydrogen-bond acceptors (Lipinski definition) is 2. The van der Waals surface area contributed by atoms with E-state index in [-0.39, 0.29) is 0 Å². The highest BCUT2D eigenvalue weighted by molar-refractivity contribution is 9.10. The number of hydrogen-bond donors (Lipinski definition) is 0. The molecule has 1 rings (SSSR count). The standard InChI is InChI=1S/C9H4BrF5O2/c10-8(11,12)7(16)5-1-3-6(4-2-5)17-9(13,14)15/h1-4H. The first-order valence-electron chi connectivity index (χ1n) is 4.07. The third kappa shape index (κ3) is 4.29. The van der Waals surface area contributed by atoms with Gasteiger partial charge in [-0.2, -0.15) is 8.78 Å². The van der Waals surface area contributed by atoms with Crippen molar-refractivity contribution >= 4 is 21.7 Å². The van der Waals surface area contributed by atoms with E-state index in [0.717, 1.165) is 24.3 Å². The summed E-state index contributed by atoms with van der Waals surface area (Å²) in [6.07, 6.45) is -4.87. The van der Waals surface area contributed by atoms with Crippen LogP contribution in [0.4, 0.5) is 22.0 Å². The Bertz CT molecular complexity index is 407. The van der Waals surface area contributed by atoms with E-state index in [9.17, 15) is 26.7 Å². The Balaban J connectivity index is 2.86. The molecular formula is C9H4BrF5O2. The number of ketones is 1. The first-order chi connectivity index (χ1) is 7.59. The molecule has 94 valence electrons. The molecule has 0 saturated carbocycles. The molecule has 0 amide bonds. The molecule has 0 unspecified atom stereocenters. The molecule has 0 saturated heterocycles. The van der Waals surface area contributed by atoms with Crippen molar-refractivity contribution < 1.29 is 31.5 Å². The highest BCUT2D eigenvalue weighted by Crippen LogP contribution is 2.28. The van der Waals surface area contributed by atoms with E-state index in [0.29, 0.717) is 0 Å². The molecule has 0 bridgehead atoms. The van der Waals surface area contributed by atoms with Gasteiger partial charge >= 0.3 is 11.2 Å². The second-order valence-corrected chi connectivity index (χ2v) is 3.90. The lowest BCUT2D eigenvalue weighted by Crippen LogP contribution is -2.21. The molecule has 0 N–H and O–H groups in total. The van der Waals surface area contributed by atoms with E-state index < -0.39 is 28.3 Å². The summed E-state index contributed by atoms with van der Waals surface area (Å²) >= 11 is 1.85. The van der Waals surface area contributed by atoms with Gasteiger partial charge in [-0.05, 0) is 40.2 Å². The van der Waals surface area contributed by atoms with Crippen molar-refractivity contribution in [1.82, 2.24) is 0 Å². The Morgan fingerprint density at radius 2 is 1.53 bits per heavy atom. The number of ether oxygens (including phenoxy) is 1. The lowest BCUT2D eigenvalue weighted by atomic mass is 10.1. The molecule has 0 aromatic heterocycles. The minimum absolute atomic E-state index is 0.429. The van der Waals surface area contributed by atoms with Gasteiger partial charge in [0, 0.05) is 5.56 Å². The molecular weight excluding hydrogens is 315 g/mol. The maximum Gasteiger partial charge on any atom is 0.573 e. The van der Waals surface area contributed by atoms with E-state index in [2.05, 4.69) is 4.74 Å². The van der Waals surface area contributed by atoms with Crippen LogP contribution in [0.5, 0.6) is 5.75 Å². The zero-order valence-electron chi connectivity index (χ0n) is 7.89. The van der Waals surface area contributed by atoms with E-state index in [4.69, 9.17) is 0 Å². The van der Waals surface area contributed by atoms with Crippen LogP contribution < -0.4 is 4.74 Å². The number of halogens is 6. The van der Waals surface area contributed by atoms with Crippen LogP contribution in [0.2, 0.25) is 0 Å². The van der Waals surface area contributed by atoms with Gasteiger partial charge in [0.1, 0.15) is 5.75 Å². The molecule has 0 atom stereocenters. The first-order valence-corrected chi connectivity index (χ1v) is 4.86. The summed E-state index contributed by atoms with van der Waals surface area (Å²) < 4.78 is 63.9. The normalized spacial score (nSPS) is 12.4. The van der Waals surface area contributed by atoms with Gasteiger partial charge < -0.3 is 4.74 Å². The Morgan fingerprint density at radius 3 is 1.88 bits per heavy atom. The maximum atomic E-state index is 12.5. The van der Waals surface area contributed by atoms with Crippen molar-refractivity contribution in [2.45, 2.75) is 11.2 Å². The predicted molar refractivity (Wildman–Crippen MR) is 51.3 cm³/mol. The fraction of sp³-hybridized carbons (Fsp3) is 0.222. The van der Waals surface area contributed by atoms with Crippen molar-refractivity contribution in [2.24, 2.45) is 0 Å². The lowest BCUT2D eigenvalue weighted by Gasteiger charge is -2.10. The van der Waals surface area contributed by atoms with Crippen molar-refractivity contribution in [3.05, 3.63) is 29.8 Å². The molecule has 0 radical (unpaired) electrons. The van der Waals surface area contributed by atoms with E-state index in [1.54, 1.807) is 0 Å². The van der Waals surface area contributed by atoms with Crippen LogP contribution in [-0.2, 0) is 0 Å². The van der Waals surface area contributed by atoms with E-state index >= 15 is 0 Å². The Morgan fingerprint density at radius 1 is 1.06 bits per heavy atom. The molecule has 1 aromatic carbocycles. The Hall–Kier alpha value is -1.18. The number of alkyl halides is 6. The van der Waals surface area contributed by atoms with E-state index in [1.165, 1.54) is 0 Å². The van der Waals surface area contributed by atoms with Crippen LogP contribution in [-0.4, -0.2) is 17.0 Å². The quantitative estimate of drug-likeness (QED) is 0.482. The monoisotopic (exact) mass is 318 g/mol. The van der Waals surface area contributed by atoms with Crippen LogP contribution in [0.15, 0.2) is 24.3 Å². The van der Waals surface area contributed by atoms with Crippen LogP contribution in [0.1, 0.15) is 10.4 Å². The van der Waals surface area contributed by atoms with Crippen molar-refractivity contribution in [3.8, 4) is 5.75 Å². The molecule has 0 fully saturated rings. The molecule has 0 aliphatic heterocycles. The van der Waals surface area contributed by atoms with Gasteiger partial charge in [0.2, 0.25) is 5.78 Å². The molecule has 8 heteroatoms. The summed E-state index contributed by atoms with van der Waals surface area (Å²) in [7, 11) is 0. The lowest BCUT2D eigenvalue weighted by molar-refractivity contribution is -0.274. The minimum atomic E-state index is -4.87. The summed E-state index contributed by atoms with van der Waals surface area (Å²) in [6.45, 7) is 0. The van der Waals surface area contributed by atoms with Crippen LogP contribution in [0.3, 0.4) is 0 Å². The average molecular weight is 319 g/mol. The Labute approximate surface area is 100 Å². The third-order valence-electron chi connectivity index (χ3n) is 1.61. The molecule has 0 heterocycles. The summed E-state index contributed by atoms with van der Waals surface area (Å²) in [4.78, 5) is 7.25. The van der Waals surface area contributed by atoms with Gasteiger partial charge in [0.25, 0.3) is 0 Å². The van der Waals surface area contributed by atoms with Crippen LogP contribution in [0, 0.1) is 0 Å². The smallest absolute Gasteiger partial charge is 0.406 e. The van der Waals surface area contributed by atoms with Gasteiger partial charge in [-0.3, -0.25) is 4.79 Å². The number of rotatable bonds is 3. The number of carbonyl (C=O) groups excluding carboxylic acids is 1. The molecule has 0 aliphatic carbocycles. The highest BCUT2D eigenvalue weighted by Gasteiger charge is 2.36. The molecule has 2 nitrogen and oxygen atoms in total. The SMILES string of the molecule is O=C(c1ccc(OC(F)(F)F)cc1)C(F)(F)Br. The van der Waals surface area contributed by atoms with Gasteiger partial charge in [0.05, 0.1) is 0 Å². The fourth-order valence-corrected chi connectivity index (χ4v) is 1.20. The maximum absolute atomic E-state index is 12.5. The summed E-state index contributed by atoms with van der Waals surface area (Å²) in [5.74, 6) is -2.14.